The zero-order valence-corrected chi connectivity index (χ0v) is 21.5. The third-order valence-corrected chi connectivity index (χ3v) is 7.76. The molecule has 1 aliphatic heterocycles. The Balaban J connectivity index is 1.52. The lowest BCUT2D eigenvalue weighted by Crippen LogP contribution is -2.44. The van der Waals surface area contributed by atoms with Gasteiger partial charge in [0.25, 0.3) is 5.91 Å². The molecule has 0 unspecified atom stereocenters. The predicted molar refractivity (Wildman–Crippen MR) is 127 cm³/mol. The second-order valence-electron chi connectivity index (χ2n) is 11.0. The smallest absolute Gasteiger partial charge is 0.324 e. The molecule has 1 saturated carbocycles. The van der Waals surface area contributed by atoms with Gasteiger partial charge < -0.3 is 9.64 Å². The number of carbonyl (C=O) groups is 2. The number of carbonyl (C=O) groups excluding carboxylic acids is 2. The highest BCUT2D eigenvalue weighted by molar-refractivity contribution is 7.89. The highest BCUT2D eigenvalue weighted by Gasteiger charge is 2.48. The van der Waals surface area contributed by atoms with E-state index in [1.807, 2.05) is 20.8 Å². The van der Waals surface area contributed by atoms with Crippen molar-refractivity contribution in [2.75, 3.05) is 18.9 Å². The fourth-order valence-corrected chi connectivity index (χ4v) is 5.55. The number of rotatable bonds is 11. The molecule has 1 aromatic carbocycles. The third-order valence-electron chi connectivity index (χ3n) is 6.24. The Morgan fingerprint density at radius 2 is 1.82 bits per heavy atom. The Bertz CT molecular complexity index is 1050. The molecule has 0 aromatic heterocycles. The number of halogens is 1. The van der Waals surface area contributed by atoms with Crippen molar-refractivity contribution in [3.8, 4) is 5.75 Å². The second-order valence-corrected chi connectivity index (χ2v) is 12.9. The van der Waals surface area contributed by atoms with Gasteiger partial charge in [-0.1, -0.05) is 33.3 Å². The number of hydrogen-bond donors (Lipinski definition) is 2. The molecule has 0 atom stereocenters. The fourth-order valence-electron chi connectivity index (χ4n) is 3.94. The van der Waals surface area contributed by atoms with Crippen LogP contribution in [-0.4, -0.2) is 49.7 Å². The van der Waals surface area contributed by atoms with Gasteiger partial charge in [0, 0.05) is 6.54 Å². The number of imide groups is 1. The van der Waals surface area contributed by atoms with Gasteiger partial charge in [-0.25, -0.2) is 22.3 Å². The summed E-state index contributed by atoms with van der Waals surface area (Å²) in [4.78, 5) is 25.2. The molecule has 34 heavy (non-hydrogen) atoms. The Kier molecular flexibility index (Phi) is 7.34. The highest BCUT2D eigenvalue weighted by atomic mass is 32.2. The first-order valence-electron chi connectivity index (χ1n) is 11.7. The van der Waals surface area contributed by atoms with Crippen LogP contribution in [0.15, 0.2) is 18.2 Å². The second kappa shape index (κ2) is 9.45. The first-order chi connectivity index (χ1) is 15.7. The third kappa shape index (κ3) is 6.27. The molecule has 190 valence electrons. The summed E-state index contributed by atoms with van der Waals surface area (Å²) in [5.74, 6) is -0.710. The van der Waals surface area contributed by atoms with E-state index in [1.165, 1.54) is 11.0 Å². The Hall–Kier alpha value is -2.20. The van der Waals surface area contributed by atoms with Crippen molar-refractivity contribution in [1.82, 2.24) is 14.9 Å². The van der Waals surface area contributed by atoms with Gasteiger partial charge in [-0.05, 0) is 62.6 Å². The molecule has 0 radical (unpaired) electrons. The lowest BCUT2D eigenvalue weighted by molar-refractivity contribution is -0.125. The summed E-state index contributed by atoms with van der Waals surface area (Å²) in [6.07, 6.45) is 2.91. The summed E-state index contributed by atoms with van der Waals surface area (Å²) in [7, 11) is -3.56. The molecular formula is C24H36FN3O5S. The van der Waals surface area contributed by atoms with Crippen LogP contribution in [0.25, 0.3) is 0 Å². The van der Waals surface area contributed by atoms with E-state index in [-0.39, 0.29) is 22.8 Å². The fraction of sp³-hybridized carbons (Fsp3) is 0.667. The molecule has 1 saturated heterocycles. The normalized spacial score (nSPS) is 19.3. The van der Waals surface area contributed by atoms with Crippen LogP contribution >= 0.6 is 0 Å². The molecule has 8 nitrogen and oxygen atoms in total. The monoisotopic (exact) mass is 497 g/mol. The number of sulfonamides is 1. The lowest BCUT2D eigenvalue weighted by Gasteiger charge is -2.27. The molecule has 1 heterocycles. The van der Waals surface area contributed by atoms with Crippen molar-refractivity contribution >= 4 is 22.0 Å². The van der Waals surface area contributed by atoms with E-state index in [9.17, 15) is 22.4 Å². The molecule has 1 aliphatic carbocycles. The standard InChI is InChI=1S/C24H36FN3O5S/c1-22(2,3)16-33-19-15-17(9-10-18(19)25)24(11-12-24)27-34(31,32)14-8-6-7-13-28-21(30)26-20(29)23(28,4)5/h9-10,15,27H,6-8,11-14,16H2,1-5H3,(H,26,29,30). The van der Waals surface area contributed by atoms with E-state index < -0.39 is 32.9 Å². The van der Waals surface area contributed by atoms with Gasteiger partial charge in [0.1, 0.15) is 5.54 Å². The largest absolute Gasteiger partial charge is 0.490 e. The Morgan fingerprint density at radius 1 is 1.15 bits per heavy atom. The highest BCUT2D eigenvalue weighted by Crippen LogP contribution is 2.47. The number of amides is 3. The van der Waals surface area contributed by atoms with Crippen LogP contribution < -0.4 is 14.8 Å². The molecule has 0 spiro atoms. The van der Waals surface area contributed by atoms with Crippen molar-refractivity contribution in [1.29, 1.82) is 0 Å². The van der Waals surface area contributed by atoms with Crippen LogP contribution in [0.5, 0.6) is 5.75 Å². The van der Waals surface area contributed by atoms with Crippen molar-refractivity contribution in [3.05, 3.63) is 29.6 Å². The van der Waals surface area contributed by atoms with E-state index in [0.717, 1.165) is 0 Å². The first-order valence-corrected chi connectivity index (χ1v) is 13.4. The van der Waals surface area contributed by atoms with Gasteiger partial charge in [-0.3, -0.25) is 10.1 Å². The van der Waals surface area contributed by atoms with Gasteiger partial charge >= 0.3 is 6.03 Å². The van der Waals surface area contributed by atoms with Crippen molar-refractivity contribution in [2.24, 2.45) is 5.41 Å². The van der Waals surface area contributed by atoms with Crippen LogP contribution in [0.1, 0.15) is 72.3 Å². The van der Waals surface area contributed by atoms with Crippen LogP contribution in [0, 0.1) is 11.2 Å². The quantitative estimate of drug-likeness (QED) is 0.359. The number of ether oxygens (including phenoxy) is 1. The van der Waals surface area contributed by atoms with Crippen LogP contribution in [-0.2, 0) is 20.4 Å². The van der Waals surface area contributed by atoms with Gasteiger partial charge in [0.15, 0.2) is 11.6 Å². The van der Waals surface area contributed by atoms with Crippen molar-refractivity contribution in [3.63, 3.8) is 0 Å². The average molecular weight is 498 g/mol. The number of hydrogen-bond acceptors (Lipinski definition) is 5. The average Bonchev–Trinajstić information content (AvgIpc) is 3.44. The maximum Gasteiger partial charge on any atom is 0.324 e. The SMILES string of the molecule is CC(C)(C)COc1cc(C2(NS(=O)(=O)CCCCCN3C(=O)NC(=O)C3(C)C)CC2)ccc1F. The molecule has 2 fully saturated rings. The molecule has 3 rings (SSSR count). The summed E-state index contributed by atoms with van der Waals surface area (Å²) in [6.45, 7) is 10.1. The minimum Gasteiger partial charge on any atom is -0.490 e. The van der Waals surface area contributed by atoms with Crippen molar-refractivity contribution < 1.29 is 27.1 Å². The predicted octanol–water partition coefficient (Wildman–Crippen LogP) is 3.66. The maximum absolute atomic E-state index is 14.2. The lowest BCUT2D eigenvalue weighted by atomic mass is 9.98. The number of unbranched alkanes of at least 4 members (excludes halogenated alkanes) is 2. The molecular weight excluding hydrogens is 461 g/mol. The minimum atomic E-state index is -3.56. The molecule has 0 bridgehead atoms. The number of urea groups is 1. The zero-order valence-electron chi connectivity index (χ0n) is 20.7. The van der Waals surface area contributed by atoms with E-state index in [2.05, 4.69) is 10.0 Å². The molecule has 2 aliphatic rings. The Morgan fingerprint density at radius 3 is 2.38 bits per heavy atom. The summed E-state index contributed by atoms with van der Waals surface area (Å²) >= 11 is 0. The maximum atomic E-state index is 14.2. The van der Waals surface area contributed by atoms with Crippen molar-refractivity contribution in [2.45, 2.75) is 77.8 Å². The van der Waals surface area contributed by atoms with Gasteiger partial charge in [-0.15, -0.1) is 0 Å². The summed E-state index contributed by atoms with van der Waals surface area (Å²) < 4.78 is 48.2. The molecule has 3 amide bonds. The summed E-state index contributed by atoms with van der Waals surface area (Å²) in [6, 6.07) is 4.12. The van der Waals surface area contributed by atoms with Crippen LogP contribution in [0.3, 0.4) is 0 Å². The van der Waals surface area contributed by atoms with E-state index >= 15 is 0 Å². The topological polar surface area (TPSA) is 105 Å². The van der Waals surface area contributed by atoms with Gasteiger partial charge in [-0.2, -0.15) is 0 Å². The first kappa shape index (κ1) is 26.4. The summed E-state index contributed by atoms with van der Waals surface area (Å²) in [5.41, 5.74) is -1.04. The van der Waals surface area contributed by atoms with Gasteiger partial charge in [0.05, 0.1) is 17.9 Å². The Labute approximate surface area is 201 Å². The molecule has 1 aromatic rings. The molecule has 10 heteroatoms. The summed E-state index contributed by atoms with van der Waals surface area (Å²) in [5, 5.41) is 2.30. The van der Waals surface area contributed by atoms with Crippen LogP contribution in [0.2, 0.25) is 0 Å². The number of nitrogens with one attached hydrogen (secondary N) is 2. The molecule has 2 N–H and O–H groups in total. The zero-order chi connectivity index (χ0) is 25.4. The van der Waals surface area contributed by atoms with Gasteiger partial charge in [0.2, 0.25) is 10.0 Å². The van der Waals surface area contributed by atoms with E-state index in [4.69, 9.17) is 4.74 Å². The van der Waals surface area contributed by atoms with E-state index in [1.54, 1.807) is 26.0 Å². The minimum absolute atomic E-state index is 0.0438. The number of nitrogens with zero attached hydrogens (tertiary/aromatic N) is 1. The number of benzene rings is 1. The van der Waals surface area contributed by atoms with E-state index in [0.29, 0.717) is 50.8 Å². The van der Waals surface area contributed by atoms with Crippen LogP contribution in [0.4, 0.5) is 9.18 Å².